The van der Waals surface area contributed by atoms with Gasteiger partial charge in [0.15, 0.2) is 23.3 Å². The fourth-order valence-electron chi connectivity index (χ4n) is 1.57. The summed E-state index contributed by atoms with van der Waals surface area (Å²) in [6, 6.07) is 0.945. The molecule has 0 unspecified atom stereocenters. The predicted molar refractivity (Wildman–Crippen MR) is 60.4 cm³/mol. The van der Waals surface area contributed by atoms with E-state index in [1.54, 1.807) is 0 Å². The van der Waals surface area contributed by atoms with E-state index in [1.165, 1.54) is 0 Å². The molecule has 8 heteroatoms. The van der Waals surface area contributed by atoms with Gasteiger partial charge in [-0.25, -0.2) is 22.0 Å². The Morgan fingerprint density at radius 1 is 0.950 bits per heavy atom. The third kappa shape index (κ3) is 2.23. The van der Waals surface area contributed by atoms with E-state index in [0.29, 0.717) is 0 Å². The van der Waals surface area contributed by atoms with Crippen molar-refractivity contribution >= 4 is 11.6 Å². The van der Waals surface area contributed by atoms with E-state index in [9.17, 15) is 22.0 Å². The first-order valence-corrected chi connectivity index (χ1v) is 5.53. The average Bonchev–Trinajstić information content (AvgIpc) is 2.45. The number of hydrogen-bond acceptors (Lipinski definition) is 2. The monoisotopic (exact) mass is 309 g/mol. The molecule has 0 spiro atoms. The van der Waals surface area contributed by atoms with E-state index < -0.39 is 47.0 Å². The van der Waals surface area contributed by atoms with Gasteiger partial charge in [-0.15, -0.1) is 0 Å². The Morgan fingerprint density at radius 3 is 1.95 bits per heavy atom. The summed E-state index contributed by atoms with van der Waals surface area (Å²) in [4.78, 5) is 3.51. The van der Waals surface area contributed by atoms with Crippen molar-refractivity contribution in [2.75, 3.05) is 0 Å². The molecular weight excluding hydrogens is 305 g/mol. The van der Waals surface area contributed by atoms with Crippen molar-refractivity contribution in [3.63, 3.8) is 0 Å². The van der Waals surface area contributed by atoms with Crippen molar-refractivity contribution in [2.45, 2.75) is 6.61 Å². The third-order valence-corrected chi connectivity index (χ3v) is 2.91. The number of benzene rings is 1. The lowest BCUT2D eigenvalue weighted by Crippen LogP contribution is -2.05. The minimum absolute atomic E-state index is 0.000113. The molecule has 0 radical (unpaired) electrons. The summed E-state index contributed by atoms with van der Waals surface area (Å²) < 4.78 is 66.2. The Labute approximate surface area is 114 Å². The summed E-state index contributed by atoms with van der Waals surface area (Å²) >= 11 is 5.63. The highest BCUT2D eigenvalue weighted by molar-refractivity contribution is 6.31. The molecule has 106 valence electrons. The number of nitrogens with zero attached hydrogens (tertiary/aromatic N) is 1. The zero-order valence-electron chi connectivity index (χ0n) is 9.52. The first-order chi connectivity index (χ1) is 9.38. The molecule has 0 amide bonds. The van der Waals surface area contributed by atoms with E-state index in [-0.39, 0.29) is 10.6 Å². The van der Waals surface area contributed by atoms with E-state index in [1.807, 2.05) is 0 Å². The Morgan fingerprint density at radius 2 is 1.45 bits per heavy atom. The second-order valence-electron chi connectivity index (χ2n) is 3.76. The average molecular weight is 310 g/mol. The largest absolute Gasteiger partial charge is 0.392 e. The quantitative estimate of drug-likeness (QED) is 0.522. The molecule has 20 heavy (non-hydrogen) atoms. The summed E-state index contributed by atoms with van der Waals surface area (Å²) in [6.07, 6.45) is 0.945. The van der Waals surface area contributed by atoms with Gasteiger partial charge in [0.25, 0.3) is 0 Å². The van der Waals surface area contributed by atoms with E-state index in [2.05, 4.69) is 4.98 Å². The molecule has 1 aromatic heterocycles. The van der Waals surface area contributed by atoms with Crippen LogP contribution in [0.5, 0.6) is 0 Å². The van der Waals surface area contributed by atoms with Crippen LogP contribution in [0.15, 0.2) is 12.3 Å². The molecule has 0 atom stereocenters. The third-order valence-electron chi connectivity index (χ3n) is 2.57. The Bertz CT molecular complexity index is 663. The fraction of sp³-hybridized carbons (Fsp3) is 0.0833. The summed E-state index contributed by atoms with van der Waals surface area (Å²) in [7, 11) is 0. The second kappa shape index (κ2) is 5.34. The Kier molecular flexibility index (Phi) is 3.92. The van der Waals surface area contributed by atoms with Gasteiger partial charge in [0, 0.05) is 6.20 Å². The van der Waals surface area contributed by atoms with Crippen LogP contribution in [0.25, 0.3) is 11.3 Å². The smallest absolute Gasteiger partial charge is 0.200 e. The lowest BCUT2D eigenvalue weighted by atomic mass is 10.1. The maximum atomic E-state index is 13.6. The van der Waals surface area contributed by atoms with Crippen LogP contribution in [-0.2, 0) is 6.61 Å². The molecular formula is C12H5ClF5NO. The molecule has 0 saturated carbocycles. The summed E-state index contributed by atoms with van der Waals surface area (Å²) in [5.74, 6) is -10.4. The number of aliphatic hydroxyl groups is 1. The van der Waals surface area contributed by atoms with Gasteiger partial charge in [-0.05, 0) is 11.6 Å². The zero-order valence-corrected chi connectivity index (χ0v) is 10.3. The van der Waals surface area contributed by atoms with Gasteiger partial charge in [0.2, 0.25) is 5.82 Å². The van der Waals surface area contributed by atoms with E-state index in [0.717, 1.165) is 12.3 Å². The molecule has 1 heterocycles. The van der Waals surface area contributed by atoms with Crippen molar-refractivity contribution in [1.29, 1.82) is 0 Å². The van der Waals surface area contributed by atoms with Crippen LogP contribution in [0, 0.1) is 29.1 Å². The molecule has 0 aliphatic heterocycles. The maximum Gasteiger partial charge on any atom is 0.200 e. The van der Waals surface area contributed by atoms with Gasteiger partial charge in [0.1, 0.15) is 0 Å². The van der Waals surface area contributed by atoms with Crippen LogP contribution in [0.4, 0.5) is 22.0 Å². The van der Waals surface area contributed by atoms with Crippen molar-refractivity contribution in [2.24, 2.45) is 0 Å². The van der Waals surface area contributed by atoms with Gasteiger partial charge in [-0.2, -0.15) is 0 Å². The second-order valence-corrected chi connectivity index (χ2v) is 4.17. The lowest BCUT2D eigenvalue weighted by Gasteiger charge is -2.09. The number of pyridine rings is 1. The van der Waals surface area contributed by atoms with Crippen LogP contribution in [0.3, 0.4) is 0 Å². The number of aliphatic hydroxyl groups excluding tert-OH is 1. The first-order valence-electron chi connectivity index (χ1n) is 5.15. The molecule has 2 nitrogen and oxygen atoms in total. The van der Waals surface area contributed by atoms with Crippen molar-refractivity contribution in [1.82, 2.24) is 4.98 Å². The number of hydrogen-bond donors (Lipinski definition) is 1. The molecule has 0 aliphatic rings. The number of halogens is 6. The van der Waals surface area contributed by atoms with Crippen LogP contribution >= 0.6 is 11.6 Å². The minimum atomic E-state index is -2.25. The first kappa shape index (κ1) is 14.7. The van der Waals surface area contributed by atoms with Crippen molar-refractivity contribution < 1.29 is 27.1 Å². The highest BCUT2D eigenvalue weighted by Gasteiger charge is 2.27. The molecule has 1 aromatic carbocycles. The summed E-state index contributed by atoms with van der Waals surface area (Å²) in [5, 5.41) is 8.97. The van der Waals surface area contributed by atoms with Gasteiger partial charge in [-0.1, -0.05) is 11.6 Å². The topological polar surface area (TPSA) is 33.1 Å². The standard InChI is InChI=1S/C12H5ClF5NO/c13-5-2-19-6(1-4(5)3-20)7-8(14)10(16)12(18)11(17)9(7)15/h1-2,20H,3H2. The number of rotatable bonds is 2. The summed E-state index contributed by atoms with van der Waals surface area (Å²) in [6.45, 7) is -0.580. The van der Waals surface area contributed by atoms with Crippen LogP contribution in [0.2, 0.25) is 5.02 Å². The van der Waals surface area contributed by atoms with E-state index in [4.69, 9.17) is 16.7 Å². The van der Waals surface area contributed by atoms with Crippen molar-refractivity contribution in [3.05, 3.63) is 51.9 Å². The fourth-order valence-corrected chi connectivity index (χ4v) is 1.73. The predicted octanol–water partition coefficient (Wildman–Crippen LogP) is 3.59. The molecule has 0 saturated heterocycles. The highest BCUT2D eigenvalue weighted by Crippen LogP contribution is 2.31. The van der Waals surface area contributed by atoms with Crippen LogP contribution in [-0.4, -0.2) is 10.1 Å². The van der Waals surface area contributed by atoms with E-state index >= 15 is 0 Å². The van der Waals surface area contributed by atoms with Crippen LogP contribution in [0.1, 0.15) is 5.56 Å². The number of aromatic nitrogens is 1. The Hall–Kier alpha value is -1.73. The van der Waals surface area contributed by atoms with Gasteiger partial charge in [-0.3, -0.25) is 4.98 Å². The molecule has 1 N–H and O–H groups in total. The van der Waals surface area contributed by atoms with Crippen LogP contribution < -0.4 is 0 Å². The van der Waals surface area contributed by atoms with Gasteiger partial charge >= 0.3 is 0 Å². The molecule has 2 rings (SSSR count). The maximum absolute atomic E-state index is 13.6. The Balaban J connectivity index is 2.76. The highest BCUT2D eigenvalue weighted by atomic mass is 35.5. The summed E-state index contributed by atoms with van der Waals surface area (Å²) in [5.41, 5.74) is -1.65. The molecule has 0 fully saturated rings. The molecule has 2 aromatic rings. The normalized spacial score (nSPS) is 10.9. The van der Waals surface area contributed by atoms with Gasteiger partial charge in [0.05, 0.1) is 22.9 Å². The minimum Gasteiger partial charge on any atom is -0.392 e. The zero-order chi connectivity index (χ0) is 15.0. The molecule has 0 aliphatic carbocycles. The lowest BCUT2D eigenvalue weighted by molar-refractivity contribution is 0.282. The van der Waals surface area contributed by atoms with Crippen molar-refractivity contribution in [3.8, 4) is 11.3 Å². The van der Waals surface area contributed by atoms with Gasteiger partial charge < -0.3 is 5.11 Å². The molecule has 0 bridgehead atoms. The SMILES string of the molecule is OCc1cc(-c2c(F)c(F)c(F)c(F)c2F)ncc1Cl.